The van der Waals surface area contributed by atoms with Crippen molar-refractivity contribution in [1.82, 2.24) is 5.32 Å². The molecule has 0 unspecified atom stereocenters. The molecule has 0 saturated carbocycles. The van der Waals surface area contributed by atoms with Gasteiger partial charge in [0.2, 0.25) is 0 Å². The first kappa shape index (κ1) is 15.9. The molecular formula is C12H23NO4. The molecule has 0 spiro atoms. The van der Waals surface area contributed by atoms with Crippen molar-refractivity contribution in [2.45, 2.75) is 52.7 Å². The van der Waals surface area contributed by atoms with Gasteiger partial charge >= 0.3 is 11.9 Å². The number of nitrogens with one attached hydrogen (secondary N) is 1. The van der Waals surface area contributed by atoms with Crippen LogP contribution in [0.3, 0.4) is 0 Å². The van der Waals surface area contributed by atoms with E-state index in [4.69, 9.17) is 9.84 Å². The van der Waals surface area contributed by atoms with Gasteiger partial charge < -0.3 is 9.84 Å². The fraction of sp³-hybridized carbons (Fsp3) is 0.833. The highest BCUT2D eigenvalue weighted by atomic mass is 16.6. The van der Waals surface area contributed by atoms with Crippen molar-refractivity contribution in [3.63, 3.8) is 0 Å². The van der Waals surface area contributed by atoms with Crippen molar-refractivity contribution >= 4 is 11.9 Å². The summed E-state index contributed by atoms with van der Waals surface area (Å²) >= 11 is 0. The van der Waals surface area contributed by atoms with Crippen LogP contribution < -0.4 is 5.32 Å². The van der Waals surface area contributed by atoms with E-state index >= 15 is 0 Å². The zero-order valence-corrected chi connectivity index (χ0v) is 11.2. The highest BCUT2D eigenvalue weighted by molar-refractivity contribution is 5.76. The van der Waals surface area contributed by atoms with Crippen molar-refractivity contribution in [2.75, 3.05) is 6.54 Å². The van der Waals surface area contributed by atoms with Crippen LogP contribution in [0.25, 0.3) is 0 Å². The Bertz CT molecular complexity index is 270. The van der Waals surface area contributed by atoms with E-state index in [0.717, 1.165) is 6.42 Å². The van der Waals surface area contributed by atoms with E-state index in [1.165, 1.54) is 0 Å². The molecule has 0 bridgehead atoms. The third-order valence-corrected chi connectivity index (χ3v) is 2.37. The van der Waals surface area contributed by atoms with Gasteiger partial charge in [0.05, 0.1) is 6.54 Å². The summed E-state index contributed by atoms with van der Waals surface area (Å²) in [6.07, 6.45) is 0.734. The van der Waals surface area contributed by atoms with E-state index in [2.05, 4.69) is 5.32 Å². The maximum Gasteiger partial charge on any atom is 0.320 e. The second kappa shape index (κ2) is 6.59. The van der Waals surface area contributed by atoms with E-state index in [9.17, 15) is 9.59 Å². The topological polar surface area (TPSA) is 75.6 Å². The van der Waals surface area contributed by atoms with E-state index < -0.39 is 23.6 Å². The minimum absolute atomic E-state index is 0.0325. The summed E-state index contributed by atoms with van der Waals surface area (Å²) in [5.74, 6) is -1.41. The maximum atomic E-state index is 11.4. The average Bonchev–Trinajstić information content (AvgIpc) is 2.14. The Morgan fingerprint density at radius 1 is 1.35 bits per heavy atom. The van der Waals surface area contributed by atoms with Crippen molar-refractivity contribution in [1.29, 1.82) is 0 Å². The van der Waals surface area contributed by atoms with Gasteiger partial charge in [0, 0.05) is 0 Å². The standard InChI is InChI=1S/C12H23NO4/c1-6-8(2)10(11(15)16)13-7-9(14)17-12(3,4)5/h8,10,13H,6-7H2,1-5H3,(H,15,16)/t8-,10-/m0/s1. The Morgan fingerprint density at radius 2 is 1.88 bits per heavy atom. The molecule has 100 valence electrons. The lowest BCUT2D eigenvalue weighted by Gasteiger charge is -2.22. The molecule has 0 rings (SSSR count). The van der Waals surface area contributed by atoms with E-state index in [1.807, 2.05) is 13.8 Å². The molecule has 0 aliphatic heterocycles. The SMILES string of the molecule is CC[C@H](C)[C@H](NCC(=O)OC(C)(C)C)C(=O)O. The Kier molecular flexibility index (Phi) is 6.16. The molecule has 0 heterocycles. The van der Waals surface area contributed by atoms with Gasteiger partial charge in [-0.3, -0.25) is 14.9 Å². The second-order valence-electron chi connectivity index (χ2n) is 5.17. The highest BCUT2D eigenvalue weighted by Crippen LogP contribution is 2.09. The van der Waals surface area contributed by atoms with Crippen LogP contribution in [0.2, 0.25) is 0 Å². The number of carboxylic acids is 1. The van der Waals surface area contributed by atoms with E-state index in [0.29, 0.717) is 0 Å². The zero-order valence-electron chi connectivity index (χ0n) is 11.2. The van der Waals surface area contributed by atoms with Crippen molar-refractivity contribution < 1.29 is 19.4 Å². The largest absolute Gasteiger partial charge is 0.480 e. The Morgan fingerprint density at radius 3 is 2.24 bits per heavy atom. The van der Waals surface area contributed by atoms with Crippen LogP contribution in [0, 0.1) is 5.92 Å². The number of aliphatic carboxylic acids is 1. The van der Waals surface area contributed by atoms with Crippen LogP contribution >= 0.6 is 0 Å². The molecule has 2 N–H and O–H groups in total. The summed E-state index contributed by atoms with van der Waals surface area (Å²) in [5, 5.41) is 11.7. The normalized spacial score (nSPS) is 15.1. The third kappa shape index (κ3) is 6.94. The number of carbonyl (C=O) groups excluding carboxylic acids is 1. The number of esters is 1. The summed E-state index contributed by atoms with van der Waals surface area (Å²) in [6.45, 7) is 8.98. The minimum Gasteiger partial charge on any atom is -0.480 e. The molecule has 0 aromatic heterocycles. The quantitative estimate of drug-likeness (QED) is 0.692. The molecule has 0 fully saturated rings. The van der Waals surface area contributed by atoms with Crippen LogP contribution in [-0.4, -0.2) is 35.2 Å². The van der Waals surface area contributed by atoms with Crippen molar-refractivity contribution in [3.05, 3.63) is 0 Å². The maximum absolute atomic E-state index is 11.4. The number of carboxylic acid groups (broad SMARTS) is 1. The molecule has 0 aliphatic rings. The fourth-order valence-electron chi connectivity index (χ4n) is 1.34. The Balaban J connectivity index is 4.23. The number of rotatable bonds is 6. The van der Waals surface area contributed by atoms with Gasteiger partial charge in [-0.15, -0.1) is 0 Å². The van der Waals surface area contributed by atoms with Gasteiger partial charge in [-0.25, -0.2) is 0 Å². The minimum atomic E-state index is -0.942. The predicted octanol–water partition coefficient (Wildman–Crippen LogP) is 1.42. The zero-order chi connectivity index (χ0) is 13.6. The molecule has 0 amide bonds. The third-order valence-electron chi connectivity index (χ3n) is 2.37. The second-order valence-corrected chi connectivity index (χ2v) is 5.17. The van der Waals surface area contributed by atoms with Gasteiger partial charge in [-0.05, 0) is 26.7 Å². The first-order valence-electron chi connectivity index (χ1n) is 5.85. The lowest BCUT2D eigenvalue weighted by atomic mass is 9.99. The smallest absolute Gasteiger partial charge is 0.320 e. The average molecular weight is 245 g/mol. The molecular weight excluding hydrogens is 222 g/mol. The van der Waals surface area contributed by atoms with Gasteiger partial charge in [0.25, 0.3) is 0 Å². The lowest BCUT2D eigenvalue weighted by molar-refractivity contribution is -0.154. The molecule has 2 atom stereocenters. The monoisotopic (exact) mass is 245 g/mol. The summed E-state index contributed by atoms with van der Waals surface area (Å²) in [4.78, 5) is 22.4. The number of carbonyl (C=O) groups is 2. The highest BCUT2D eigenvalue weighted by Gasteiger charge is 2.24. The molecule has 17 heavy (non-hydrogen) atoms. The Labute approximate surface area is 103 Å². The summed E-state index contributed by atoms with van der Waals surface area (Å²) in [5.41, 5.74) is -0.548. The molecule has 0 aromatic rings. The van der Waals surface area contributed by atoms with Gasteiger partial charge in [-0.2, -0.15) is 0 Å². The van der Waals surface area contributed by atoms with Gasteiger partial charge in [0.15, 0.2) is 0 Å². The lowest BCUT2D eigenvalue weighted by Crippen LogP contribution is -2.45. The molecule has 0 radical (unpaired) electrons. The van der Waals surface area contributed by atoms with Crippen LogP contribution in [-0.2, 0) is 14.3 Å². The first-order chi connectivity index (χ1) is 7.67. The van der Waals surface area contributed by atoms with Crippen LogP contribution in [0.1, 0.15) is 41.0 Å². The molecule has 0 aromatic carbocycles. The first-order valence-corrected chi connectivity index (χ1v) is 5.85. The Hall–Kier alpha value is -1.10. The van der Waals surface area contributed by atoms with Gasteiger partial charge in [0.1, 0.15) is 11.6 Å². The predicted molar refractivity (Wildman–Crippen MR) is 64.7 cm³/mol. The van der Waals surface area contributed by atoms with Crippen LogP contribution in [0.4, 0.5) is 0 Å². The van der Waals surface area contributed by atoms with Crippen LogP contribution in [0.5, 0.6) is 0 Å². The van der Waals surface area contributed by atoms with E-state index in [-0.39, 0.29) is 12.5 Å². The summed E-state index contributed by atoms with van der Waals surface area (Å²) in [7, 11) is 0. The molecule has 5 heteroatoms. The summed E-state index contributed by atoms with van der Waals surface area (Å²) < 4.78 is 5.09. The van der Waals surface area contributed by atoms with Crippen molar-refractivity contribution in [2.24, 2.45) is 5.92 Å². The summed E-state index contributed by atoms with van der Waals surface area (Å²) in [6, 6.07) is -0.715. The molecule has 0 aliphatic carbocycles. The van der Waals surface area contributed by atoms with Gasteiger partial charge in [-0.1, -0.05) is 20.3 Å². The number of hydrogen-bond donors (Lipinski definition) is 2. The van der Waals surface area contributed by atoms with Crippen LogP contribution in [0.15, 0.2) is 0 Å². The van der Waals surface area contributed by atoms with Crippen molar-refractivity contribution in [3.8, 4) is 0 Å². The molecule has 0 saturated heterocycles. The number of ether oxygens (including phenoxy) is 1. The molecule has 5 nitrogen and oxygen atoms in total. The number of hydrogen-bond acceptors (Lipinski definition) is 4. The fourth-order valence-corrected chi connectivity index (χ4v) is 1.34. The van der Waals surface area contributed by atoms with E-state index in [1.54, 1.807) is 20.8 Å².